The van der Waals surface area contributed by atoms with E-state index in [9.17, 15) is 0 Å². The molecule has 1 aromatic carbocycles. The van der Waals surface area contributed by atoms with Crippen molar-refractivity contribution >= 4 is 0 Å². The van der Waals surface area contributed by atoms with Crippen molar-refractivity contribution in [3.63, 3.8) is 0 Å². The third-order valence-electron chi connectivity index (χ3n) is 7.02. The van der Waals surface area contributed by atoms with Crippen LogP contribution in [0.15, 0.2) is 78.0 Å². The summed E-state index contributed by atoms with van der Waals surface area (Å²) in [6.07, 6.45) is 17.9. The molecule has 3 unspecified atom stereocenters. The Morgan fingerprint density at radius 1 is 1.00 bits per heavy atom. The van der Waals surface area contributed by atoms with Crippen LogP contribution < -0.4 is 0 Å². The molecular weight excluding hydrogens is 384 g/mol. The second-order valence-corrected chi connectivity index (χ2v) is 9.83. The lowest BCUT2D eigenvalue weighted by Gasteiger charge is -2.11. The standard InChI is InChI=1S/C32H46/c1-9-15-27(10-2)28(11-3)25(7)19-21-31-30(17-14-12-13-16-23(4)5)32(31)29-20-18-24(6)22-26(29)8/h10-11,18-22,30-32H,4,7,9,12-17H2,1-3,5-6,8H3/b21-19+,27-10-,28-11-. The van der Waals surface area contributed by atoms with Gasteiger partial charge in [0.1, 0.15) is 0 Å². The van der Waals surface area contributed by atoms with Gasteiger partial charge in [0, 0.05) is 0 Å². The van der Waals surface area contributed by atoms with E-state index in [0.717, 1.165) is 17.9 Å². The molecule has 0 saturated heterocycles. The lowest BCUT2D eigenvalue weighted by atomic mass is 9.94. The summed E-state index contributed by atoms with van der Waals surface area (Å²) in [6.45, 7) is 21.6. The Labute approximate surface area is 198 Å². The molecule has 174 valence electrons. The summed E-state index contributed by atoms with van der Waals surface area (Å²) in [7, 11) is 0. The number of allylic oxidation sites excluding steroid dienone is 8. The van der Waals surface area contributed by atoms with Gasteiger partial charge in [0.15, 0.2) is 0 Å². The monoisotopic (exact) mass is 430 g/mol. The van der Waals surface area contributed by atoms with Crippen molar-refractivity contribution in [2.24, 2.45) is 11.8 Å². The first-order valence-corrected chi connectivity index (χ1v) is 12.7. The Hall–Kier alpha value is -2.08. The van der Waals surface area contributed by atoms with Crippen molar-refractivity contribution in [3.05, 3.63) is 94.6 Å². The molecular formula is C32H46. The van der Waals surface area contributed by atoms with E-state index >= 15 is 0 Å². The lowest BCUT2D eigenvalue weighted by molar-refractivity contribution is 0.583. The van der Waals surface area contributed by atoms with E-state index < -0.39 is 0 Å². The van der Waals surface area contributed by atoms with Crippen molar-refractivity contribution in [3.8, 4) is 0 Å². The molecule has 0 radical (unpaired) electrons. The first-order valence-electron chi connectivity index (χ1n) is 12.7. The van der Waals surface area contributed by atoms with Crippen molar-refractivity contribution in [1.82, 2.24) is 0 Å². The summed E-state index contributed by atoms with van der Waals surface area (Å²) in [5.41, 5.74) is 9.55. The molecule has 0 bridgehead atoms. The molecule has 1 saturated carbocycles. The molecule has 1 aliphatic carbocycles. The highest BCUT2D eigenvalue weighted by Gasteiger charge is 2.48. The van der Waals surface area contributed by atoms with E-state index in [-0.39, 0.29) is 0 Å². The summed E-state index contributed by atoms with van der Waals surface area (Å²) >= 11 is 0. The molecule has 2 rings (SSSR count). The second kappa shape index (κ2) is 12.8. The third kappa shape index (κ3) is 7.22. The lowest BCUT2D eigenvalue weighted by Crippen LogP contribution is -1.92. The van der Waals surface area contributed by atoms with Gasteiger partial charge < -0.3 is 0 Å². The molecule has 1 fully saturated rings. The van der Waals surface area contributed by atoms with Crippen LogP contribution in [0.25, 0.3) is 0 Å². The number of hydrogen-bond acceptors (Lipinski definition) is 0. The van der Waals surface area contributed by atoms with Gasteiger partial charge in [-0.25, -0.2) is 0 Å². The predicted octanol–water partition coefficient (Wildman–Crippen LogP) is 9.96. The number of rotatable bonds is 13. The Kier molecular flexibility index (Phi) is 10.5. The molecule has 3 atom stereocenters. The fourth-order valence-corrected chi connectivity index (χ4v) is 5.25. The van der Waals surface area contributed by atoms with Crippen molar-refractivity contribution in [2.45, 2.75) is 92.4 Å². The average molecular weight is 431 g/mol. The van der Waals surface area contributed by atoms with Crippen LogP contribution in [0.5, 0.6) is 0 Å². The van der Waals surface area contributed by atoms with E-state index in [0.29, 0.717) is 11.8 Å². The molecule has 0 aliphatic heterocycles. The van der Waals surface area contributed by atoms with E-state index in [4.69, 9.17) is 0 Å². The maximum absolute atomic E-state index is 4.43. The maximum Gasteiger partial charge on any atom is -0.00592 e. The first kappa shape index (κ1) is 26.2. The summed E-state index contributed by atoms with van der Waals surface area (Å²) < 4.78 is 0. The summed E-state index contributed by atoms with van der Waals surface area (Å²) in [5, 5.41) is 0. The zero-order valence-electron chi connectivity index (χ0n) is 21.6. The molecule has 0 heteroatoms. The fraction of sp³-hybridized carbons (Fsp3) is 0.500. The number of benzene rings is 1. The van der Waals surface area contributed by atoms with Gasteiger partial charge in [-0.1, -0.05) is 86.4 Å². The van der Waals surface area contributed by atoms with Gasteiger partial charge in [0.05, 0.1) is 0 Å². The van der Waals surface area contributed by atoms with Crippen LogP contribution in [0.3, 0.4) is 0 Å². The molecule has 0 heterocycles. The Bertz CT molecular complexity index is 873. The van der Waals surface area contributed by atoms with Crippen LogP contribution in [-0.2, 0) is 0 Å². The van der Waals surface area contributed by atoms with E-state index in [2.05, 4.69) is 97.2 Å². The maximum atomic E-state index is 4.43. The number of unbranched alkanes of at least 4 members (excludes halogenated alkanes) is 2. The quantitative estimate of drug-likeness (QED) is 0.166. The normalized spacial score (nSPS) is 21.2. The summed E-state index contributed by atoms with van der Waals surface area (Å²) in [6, 6.07) is 7.01. The van der Waals surface area contributed by atoms with Gasteiger partial charge in [-0.2, -0.15) is 0 Å². The smallest absolute Gasteiger partial charge is 0.00592 e. The highest BCUT2D eigenvalue weighted by Crippen LogP contribution is 2.58. The number of aryl methyl sites for hydroxylation is 2. The molecule has 0 spiro atoms. The topological polar surface area (TPSA) is 0 Å². The van der Waals surface area contributed by atoms with Gasteiger partial charge in [-0.05, 0) is 106 Å². The van der Waals surface area contributed by atoms with Crippen LogP contribution in [0.4, 0.5) is 0 Å². The zero-order chi connectivity index (χ0) is 23.7. The highest BCUT2D eigenvalue weighted by atomic mass is 14.5. The van der Waals surface area contributed by atoms with Crippen molar-refractivity contribution in [2.75, 3.05) is 0 Å². The van der Waals surface area contributed by atoms with Gasteiger partial charge >= 0.3 is 0 Å². The van der Waals surface area contributed by atoms with E-state index in [1.807, 2.05) is 0 Å². The third-order valence-corrected chi connectivity index (χ3v) is 7.02. The molecule has 0 nitrogen and oxygen atoms in total. The van der Waals surface area contributed by atoms with Crippen molar-refractivity contribution < 1.29 is 0 Å². The average Bonchev–Trinajstić information content (AvgIpc) is 3.43. The minimum absolute atomic E-state index is 0.632. The minimum atomic E-state index is 0.632. The van der Waals surface area contributed by atoms with Gasteiger partial charge in [0.25, 0.3) is 0 Å². The Balaban J connectivity index is 2.12. The first-order chi connectivity index (χ1) is 15.3. The Morgan fingerprint density at radius 2 is 1.75 bits per heavy atom. The van der Waals surface area contributed by atoms with E-state index in [1.165, 1.54) is 66.4 Å². The van der Waals surface area contributed by atoms with Gasteiger partial charge in [0.2, 0.25) is 0 Å². The van der Waals surface area contributed by atoms with Crippen LogP contribution >= 0.6 is 0 Å². The predicted molar refractivity (Wildman–Crippen MR) is 144 cm³/mol. The van der Waals surface area contributed by atoms with Crippen LogP contribution in [0.2, 0.25) is 0 Å². The molecule has 0 amide bonds. The molecule has 0 N–H and O–H groups in total. The summed E-state index contributed by atoms with van der Waals surface area (Å²) in [5.74, 6) is 2.05. The van der Waals surface area contributed by atoms with Crippen LogP contribution in [0.1, 0.15) is 95.2 Å². The van der Waals surface area contributed by atoms with Crippen LogP contribution in [-0.4, -0.2) is 0 Å². The van der Waals surface area contributed by atoms with Gasteiger partial charge in [-0.3, -0.25) is 0 Å². The SMILES string of the molecule is C=C(C)CCCCCC1C(/C=C/C(=C)C(=C/C)/C(=C\C)CCC)C1c1ccc(C)cc1C. The fourth-order valence-electron chi connectivity index (χ4n) is 5.25. The Morgan fingerprint density at radius 3 is 2.34 bits per heavy atom. The van der Waals surface area contributed by atoms with Gasteiger partial charge in [-0.15, -0.1) is 6.58 Å². The van der Waals surface area contributed by atoms with E-state index in [1.54, 1.807) is 5.56 Å². The zero-order valence-corrected chi connectivity index (χ0v) is 21.6. The molecule has 32 heavy (non-hydrogen) atoms. The minimum Gasteiger partial charge on any atom is -0.100 e. The molecule has 0 aromatic heterocycles. The summed E-state index contributed by atoms with van der Waals surface area (Å²) in [4.78, 5) is 0. The molecule has 1 aliphatic rings. The molecule has 1 aromatic rings. The highest BCUT2D eigenvalue weighted by molar-refractivity contribution is 5.50. The van der Waals surface area contributed by atoms with Crippen molar-refractivity contribution in [1.29, 1.82) is 0 Å². The number of hydrogen-bond donors (Lipinski definition) is 0. The van der Waals surface area contributed by atoms with Crippen LogP contribution in [0, 0.1) is 25.7 Å². The largest absolute Gasteiger partial charge is 0.100 e. The second-order valence-electron chi connectivity index (χ2n) is 9.83.